The molecule has 0 amide bonds. The van der Waals surface area contributed by atoms with Gasteiger partial charge in [0.2, 0.25) is 0 Å². The summed E-state index contributed by atoms with van der Waals surface area (Å²) >= 11 is 5.97. The Labute approximate surface area is 138 Å². The molecule has 1 aromatic rings. The summed E-state index contributed by atoms with van der Waals surface area (Å²) in [5, 5.41) is 36.8. The minimum absolute atomic E-state index is 0.580. The van der Waals surface area contributed by atoms with Gasteiger partial charge in [0, 0.05) is 11.6 Å². The molecule has 0 saturated heterocycles. The van der Waals surface area contributed by atoms with Crippen molar-refractivity contribution in [3.8, 4) is 0 Å². The second kappa shape index (κ2) is 8.83. The molecule has 7 nitrogen and oxygen atoms in total. The van der Waals surface area contributed by atoms with Crippen molar-refractivity contribution in [1.29, 1.82) is 0 Å². The Balaban J connectivity index is 0.000000241. The number of aliphatic hydroxyl groups excluding tert-OH is 2. The molecule has 0 saturated carbocycles. The van der Waals surface area contributed by atoms with E-state index < -0.39 is 24.1 Å². The summed E-state index contributed by atoms with van der Waals surface area (Å²) in [6.07, 6.45) is -3.41. The predicted molar refractivity (Wildman–Crippen MR) is 83.7 cm³/mol. The van der Waals surface area contributed by atoms with Crippen LogP contribution in [0, 0.1) is 0 Å². The van der Waals surface area contributed by atoms with Gasteiger partial charge in [-0.25, -0.2) is 9.59 Å². The number of aliphatic hydroxyl groups is 2. The van der Waals surface area contributed by atoms with Crippen LogP contribution in [0.15, 0.2) is 18.2 Å². The third kappa shape index (κ3) is 5.80. The summed E-state index contributed by atoms with van der Waals surface area (Å²) in [4.78, 5) is 19.5. The maximum absolute atomic E-state index is 9.77. The molecule has 0 radical (unpaired) electrons. The van der Waals surface area contributed by atoms with Crippen LogP contribution in [0.4, 0.5) is 0 Å². The van der Waals surface area contributed by atoms with Crippen molar-refractivity contribution in [3.05, 3.63) is 34.3 Å². The van der Waals surface area contributed by atoms with Crippen molar-refractivity contribution >= 4 is 23.5 Å². The highest BCUT2D eigenvalue weighted by molar-refractivity contribution is 6.30. The molecule has 1 heterocycles. The van der Waals surface area contributed by atoms with Gasteiger partial charge in [-0.2, -0.15) is 0 Å². The van der Waals surface area contributed by atoms with E-state index in [1.54, 1.807) is 0 Å². The first-order valence-corrected chi connectivity index (χ1v) is 7.42. The van der Waals surface area contributed by atoms with Crippen LogP contribution in [0.1, 0.15) is 24.0 Å². The SMILES string of the molecule is C[C@H]1CNCCc2ccc(Cl)cc21.O=C(O)[C@H](O)[C@@H](O)C(=O)O. The van der Waals surface area contributed by atoms with E-state index in [1.807, 2.05) is 6.07 Å². The Bertz CT molecular complexity index is 547. The van der Waals surface area contributed by atoms with E-state index in [-0.39, 0.29) is 0 Å². The topological polar surface area (TPSA) is 127 Å². The monoisotopic (exact) mass is 345 g/mol. The second-order valence-corrected chi connectivity index (χ2v) is 5.70. The van der Waals surface area contributed by atoms with E-state index in [0.717, 1.165) is 24.5 Å². The normalized spacial score (nSPS) is 19.4. The smallest absolute Gasteiger partial charge is 0.335 e. The number of carbonyl (C=O) groups is 2. The summed E-state index contributed by atoms with van der Waals surface area (Å²) in [5.41, 5.74) is 2.86. The van der Waals surface area contributed by atoms with Crippen LogP contribution in [-0.4, -0.2) is 57.7 Å². The highest BCUT2D eigenvalue weighted by Crippen LogP contribution is 2.25. The van der Waals surface area contributed by atoms with Crippen LogP contribution in [-0.2, 0) is 16.0 Å². The van der Waals surface area contributed by atoms with Crippen LogP contribution >= 0.6 is 11.6 Å². The van der Waals surface area contributed by atoms with Gasteiger partial charge in [-0.1, -0.05) is 24.6 Å². The molecular weight excluding hydrogens is 326 g/mol. The van der Waals surface area contributed by atoms with E-state index in [2.05, 4.69) is 24.4 Å². The Morgan fingerprint density at radius 1 is 1.22 bits per heavy atom. The van der Waals surface area contributed by atoms with Crippen molar-refractivity contribution in [3.63, 3.8) is 0 Å². The largest absolute Gasteiger partial charge is 0.479 e. The summed E-state index contributed by atoms with van der Waals surface area (Å²) in [5.74, 6) is -2.96. The van der Waals surface area contributed by atoms with Crippen LogP contribution < -0.4 is 5.32 Å². The van der Waals surface area contributed by atoms with E-state index in [1.165, 1.54) is 11.1 Å². The number of aliphatic carboxylic acids is 2. The third-order valence-electron chi connectivity index (χ3n) is 3.47. The van der Waals surface area contributed by atoms with Gasteiger partial charge < -0.3 is 25.7 Å². The summed E-state index contributed by atoms with van der Waals surface area (Å²) in [6, 6.07) is 6.24. The number of benzene rings is 1. The maximum Gasteiger partial charge on any atom is 0.335 e. The molecule has 1 aliphatic rings. The van der Waals surface area contributed by atoms with Crippen molar-refractivity contribution in [2.45, 2.75) is 31.5 Å². The van der Waals surface area contributed by atoms with E-state index in [4.69, 9.17) is 32.0 Å². The van der Waals surface area contributed by atoms with Gasteiger partial charge >= 0.3 is 11.9 Å². The lowest BCUT2D eigenvalue weighted by molar-refractivity contribution is -0.165. The zero-order valence-electron chi connectivity index (χ0n) is 12.6. The molecule has 3 atom stereocenters. The number of halogens is 1. The van der Waals surface area contributed by atoms with Gasteiger partial charge in [-0.3, -0.25) is 0 Å². The first-order valence-electron chi connectivity index (χ1n) is 7.04. The molecule has 1 aromatic carbocycles. The minimum atomic E-state index is -2.27. The fourth-order valence-electron chi connectivity index (χ4n) is 2.17. The summed E-state index contributed by atoms with van der Waals surface area (Å²) in [7, 11) is 0. The van der Waals surface area contributed by atoms with Gasteiger partial charge in [-0.15, -0.1) is 0 Å². The number of carboxylic acids is 2. The van der Waals surface area contributed by atoms with E-state index in [9.17, 15) is 9.59 Å². The number of carboxylic acid groups (broad SMARTS) is 2. The number of hydrogen-bond donors (Lipinski definition) is 5. The zero-order chi connectivity index (χ0) is 17.6. The lowest BCUT2D eigenvalue weighted by Gasteiger charge is -2.11. The van der Waals surface area contributed by atoms with Crippen molar-refractivity contribution in [2.24, 2.45) is 0 Å². The molecule has 0 aromatic heterocycles. The number of hydrogen-bond acceptors (Lipinski definition) is 5. The Morgan fingerprint density at radius 2 is 1.78 bits per heavy atom. The van der Waals surface area contributed by atoms with Crippen LogP contribution in [0.25, 0.3) is 0 Å². The fourth-order valence-corrected chi connectivity index (χ4v) is 2.35. The van der Waals surface area contributed by atoms with Crippen molar-refractivity contribution < 1.29 is 30.0 Å². The fraction of sp³-hybridized carbons (Fsp3) is 0.467. The molecule has 8 heteroatoms. The number of fused-ring (bicyclic) bond motifs is 1. The van der Waals surface area contributed by atoms with Crippen molar-refractivity contribution in [2.75, 3.05) is 13.1 Å². The van der Waals surface area contributed by atoms with Crippen LogP contribution in [0.5, 0.6) is 0 Å². The molecule has 0 spiro atoms. The number of nitrogens with one attached hydrogen (secondary N) is 1. The zero-order valence-corrected chi connectivity index (χ0v) is 13.3. The van der Waals surface area contributed by atoms with Crippen LogP contribution in [0.3, 0.4) is 0 Å². The molecule has 128 valence electrons. The molecule has 0 aliphatic carbocycles. The summed E-state index contributed by atoms with van der Waals surface area (Å²) in [6.45, 7) is 4.39. The van der Waals surface area contributed by atoms with Gasteiger partial charge in [-0.05, 0) is 42.1 Å². The van der Waals surface area contributed by atoms with Crippen LogP contribution in [0.2, 0.25) is 5.02 Å². The van der Waals surface area contributed by atoms with Gasteiger partial charge in [0.1, 0.15) is 0 Å². The molecule has 0 fully saturated rings. The molecule has 0 unspecified atom stereocenters. The quantitative estimate of drug-likeness (QED) is 0.538. The average Bonchev–Trinajstić information content (AvgIpc) is 2.68. The Kier molecular flexibility index (Phi) is 7.44. The van der Waals surface area contributed by atoms with E-state index >= 15 is 0 Å². The lowest BCUT2D eigenvalue weighted by atomic mass is 9.96. The van der Waals surface area contributed by atoms with Gasteiger partial charge in [0.05, 0.1) is 0 Å². The molecule has 2 rings (SSSR count). The number of rotatable bonds is 3. The average molecular weight is 346 g/mol. The third-order valence-corrected chi connectivity index (χ3v) is 3.70. The second-order valence-electron chi connectivity index (χ2n) is 5.26. The van der Waals surface area contributed by atoms with Gasteiger partial charge in [0.25, 0.3) is 0 Å². The highest BCUT2D eigenvalue weighted by Gasteiger charge is 2.29. The Hall–Kier alpha value is -1.67. The first-order chi connectivity index (χ1) is 10.7. The lowest BCUT2D eigenvalue weighted by Crippen LogP contribution is -2.39. The minimum Gasteiger partial charge on any atom is -0.479 e. The standard InChI is InChI=1S/C11H14ClN.C4H6O6/c1-8-7-13-5-4-9-2-3-10(12)6-11(8)9;5-1(3(7)8)2(6)4(9)10/h2-3,6,8,13H,4-5,7H2,1H3;1-2,5-6H,(H,7,8)(H,9,10)/t8-;1-,2-/m01/s1. The molecule has 0 bridgehead atoms. The maximum atomic E-state index is 9.77. The van der Waals surface area contributed by atoms with Crippen molar-refractivity contribution in [1.82, 2.24) is 5.32 Å². The molecule has 1 aliphatic heterocycles. The molecule has 23 heavy (non-hydrogen) atoms. The predicted octanol–water partition coefficient (Wildman–Crippen LogP) is 0.467. The molecular formula is C15H20ClNO6. The first kappa shape index (κ1) is 19.4. The van der Waals surface area contributed by atoms with E-state index in [0.29, 0.717) is 5.92 Å². The van der Waals surface area contributed by atoms with Gasteiger partial charge in [0.15, 0.2) is 12.2 Å². The highest BCUT2D eigenvalue weighted by atomic mass is 35.5. The molecule has 5 N–H and O–H groups in total. The summed E-state index contributed by atoms with van der Waals surface area (Å²) < 4.78 is 0. The Morgan fingerprint density at radius 3 is 2.30 bits per heavy atom.